The fourth-order valence-corrected chi connectivity index (χ4v) is 5.98. The van der Waals surface area contributed by atoms with Crippen LogP contribution in [0, 0.1) is 11.3 Å². The third-order valence-electron chi connectivity index (χ3n) is 6.69. The maximum atomic E-state index is 12.7. The Morgan fingerprint density at radius 3 is 2.94 bits per heavy atom. The predicted molar refractivity (Wildman–Crippen MR) is 141 cm³/mol. The van der Waals surface area contributed by atoms with Crippen LogP contribution in [-0.4, -0.2) is 52.7 Å². The summed E-state index contributed by atoms with van der Waals surface area (Å²) in [6.07, 6.45) is 5.27. The minimum Gasteiger partial charge on any atom is -0.490 e. The Morgan fingerprint density at radius 2 is 2.19 bits per heavy atom. The van der Waals surface area contributed by atoms with Gasteiger partial charge in [-0.3, -0.25) is 4.79 Å². The smallest absolute Gasteiger partial charge is 0.241 e. The number of nitriles is 1. The van der Waals surface area contributed by atoms with Crippen molar-refractivity contribution in [1.82, 2.24) is 9.88 Å². The lowest BCUT2D eigenvalue weighted by Crippen LogP contribution is -2.34. The van der Waals surface area contributed by atoms with Crippen LogP contribution in [-0.2, 0) is 17.6 Å². The van der Waals surface area contributed by atoms with E-state index in [-0.39, 0.29) is 18.6 Å². The lowest BCUT2D eigenvalue weighted by atomic mass is 10.00. The number of aliphatic hydroxyl groups excluding tert-OH is 1. The van der Waals surface area contributed by atoms with E-state index in [1.807, 2.05) is 38.2 Å². The van der Waals surface area contributed by atoms with Crippen LogP contribution in [0.3, 0.4) is 0 Å². The molecule has 1 aliphatic carbocycles. The van der Waals surface area contributed by atoms with Gasteiger partial charge in [0.2, 0.25) is 5.91 Å². The fraction of sp³-hybridized carbons (Fsp3) is 0.393. The van der Waals surface area contributed by atoms with Crippen LogP contribution < -0.4 is 10.1 Å². The lowest BCUT2D eigenvalue weighted by Gasteiger charge is -2.19. The van der Waals surface area contributed by atoms with Crippen LogP contribution in [0.1, 0.15) is 43.4 Å². The number of β-amino-alcohol motifs (C(OH)–C–C–N with tert-alkyl or cyclic N) is 1. The molecule has 1 aliphatic heterocycles. The van der Waals surface area contributed by atoms with E-state index in [0.29, 0.717) is 30.8 Å². The molecule has 1 saturated heterocycles. The Balaban J connectivity index is 1.43. The second kappa shape index (κ2) is 10.3. The van der Waals surface area contributed by atoms with Gasteiger partial charge >= 0.3 is 0 Å². The van der Waals surface area contributed by atoms with Crippen molar-refractivity contribution in [3.8, 4) is 32.8 Å². The summed E-state index contributed by atoms with van der Waals surface area (Å²) in [7, 11) is 0. The maximum Gasteiger partial charge on any atom is 0.241 e. The molecule has 8 heteroatoms. The first kappa shape index (κ1) is 24.3. The number of fused-ring (bicyclic) bond motifs is 1. The zero-order valence-electron chi connectivity index (χ0n) is 20.6. The average Bonchev–Trinajstić information content (AvgIpc) is 3.63. The number of benzene rings is 2. The number of ether oxygens (including phenoxy) is 1. The normalized spacial score (nSPS) is 16.8. The average molecular weight is 503 g/mol. The zero-order chi connectivity index (χ0) is 25.2. The SMILES string of the molecule is CC(C)Oc1ccc(-c2ncc(-c3c(NCC(=O)N4CCC(O)C4)ccc4c3CCC4)s2)cc1C#N. The van der Waals surface area contributed by atoms with E-state index in [1.54, 1.807) is 16.2 Å². The van der Waals surface area contributed by atoms with Crippen molar-refractivity contribution in [2.75, 3.05) is 25.0 Å². The van der Waals surface area contributed by atoms with Crippen LogP contribution in [0.25, 0.3) is 21.0 Å². The number of nitrogens with zero attached hydrogens (tertiary/aromatic N) is 3. The molecular formula is C28H30N4O3S. The first-order valence-electron chi connectivity index (χ1n) is 12.4. The van der Waals surface area contributed by atoms with Crippen LogP contribution in [0.4, 0.5) is 5.69 Å². The van der Waals surface area contributed by atoms with Crippen molar-refractivity contribution < 1.29 is 14.6 Å². The number of thiazole rings is 1. The van der Waals surface area contributed by atoms with Crippen molar-refractivity contribution in [2.24, 2.45) is 0 Å². The predicted octanol–water partition coefficient (Wildman–Crippen LogP) is 4.63. The highest BCUT2D eigenvalue weighted by atomic mass is 32.1. The molecule has 3 aromatic rings. The largest absolute Gasteiger partial charge is 0.490 e. The summed E-state index contributed by atoms with van der Waals surface area (Å²) < 4.78 is 5.76. The Bertz CT molecular complexity index is 1330. The Hall–Kier alpha value is -3.41. The molecule has 0 spiro atoms. The molecule has 2 N–H and O–H groups in total. The van der Waals surface area contributed by atoms with Crippen molar-refractivity contribution >= 4 is 22.9 Å². The van der Waals surface area contributed by atoms with Crippen LogP contribution in [0.5, 0.6) is 5.75 Å². The second-order valence-corrected chi connectivity index (χ2v) is 10.7. The lowest BCUT2D eigenvalue weighted by molar-refractivity contribution is -0.128. The molecule has 1 atom stereocenters. The van der Waals surface area contributed by atoms with Crippen molar-refractivity contribution in [3.63, 3.8) is 0 Å². The van der Waals surface area contributed by atoms with Crippen molar-refractivity contribution in [1.29, 1.82) is 5.26 Å². The minimum atomic E-state index is -0.423. The van der Waals surface area contributed by atoms with Gasteiger partial charge in [0.05, 0.1) is 29.2 Å². The topological polar surface area (TPSA) is 98.5 Å². The first-order valence-corrected chi connectivity index (χ1v) is 13.3. The molecular weight excluding hydrogens is 472 g/mol. The highest BCUT2D eigenvalue weighted by Gasteiger charge is 2.25. The van der Waals surface area contributed by atoms with E-state index in [2.05, 4.69) is 23.5 Å². The van der Waals surface area contributed by atoms with Crippen LogP contribution in [0.2, 0.25) is 0 Å². The number of hydrogen-bond acceptors (Lipinski definition) is 7. The molecule has 7 nitrogen and oxygen atoms in total. The molecule has 5 rings (SSSR count). The fourth-order valence-electron chi connectivity index (χ4n) is 4.98. The van der Waals surface area contributed by atoms with Crippen molar-refractivity contribution in [3.05, 3.63) is 53.2 Å². The third-order valence-corrected chi connectivity index (χ3v) is 7.75. The second-order valence-electron chi connectivity index (χ2n) is 9.63. The van der Waals surface area contributed by atoms with Gasteiger partial charge in [0, 0.05) is 36.1 Å². The van der Waals surface area contributed by atoms with Crippen LogP contribution in [0.15, 0.2) is 36.5 Å². The first-order chi connectivity index (χ1) is 17.4. The molecule has 1 unspecified atom stereocenters. The van der Waals surface area contributed by atoms with E-state index in [9.17, 15) is 15.2 Å². The number of aliphatic hydroxyl groups is 1. The monoisotopic (exact) mass is 502 g/mol. The molecule has 0 radical (unpaired) electrons. The highest BCUT2D eigenvalue weighted by Crippen LogP contribution is 2.42. The number of amides is 1. The third kappa shape index (κ3) is 4.95. The molecule has 2 aliphatic rings. The van der Waals surface area contributed by atoms with Gasteiger partial charge in [0.15, 0.2) is 0 Å². The Labute approximate surface area is 215 Å². The molecule has 0 saturated carbocycles. The Morgan fingerprint density at radius 1 is 1.33 bits per heavy atom. The molecule has 2 aromatic carbocycles. The number of aryl methyl sites for hydroxylation is 1. The van der Waals surface area contributed by atoms with Gasteiger partial charge in [0.25, 0.3) is 0 Å². The van der Waals surface area contributed by atoms with Crippen LogP contribution >= 0.6 is 11.3 Å². The molecule has 2 heterocycles. The summed E-state index contributed by atoms with van der Waals surface area (Å²) in [4.78, 5) is 20.2. The molecule has 36 heavy (non-hydrogen) atoms. The number of anilines is 1. The highest BCUT2D eigenvalue weighted by molar-refractivity contribution is 7.18. The summed E-state index contributed by atoms with van der Waals surface area (Å²) in [6.45, 7) is 5.07. The maximum absolute atomic E-state index is 12.7. The number of hydrogen-bond donors (Lipinski definition) is 2. The quantitative estimate of drug-likeness (QED) is 0.489. The van der Waals surface area contributed by atoms with Crippen molar-refractivity contribution in [2.45, 2.75) is 51.7 Å². The number of aromatic nitrogens is 1. The van der Waals surface area contributed by atoms with E-state index >= 15 is 0 Å². The number of carbonyl (C=O) groups excluding carboxylic acids is 1. The summed E-state index contributed by atoms with van der Waals surface area (Å²) in [5.74, 6) is 0.575. The standard InChI is InChI=1S/C28H30N4O3S/c1-17(2)35-24-9-7-19(12-20(24)13-29)28-31-14-25(36-28)27-22-5-3-4-18(22)6-8-23(27)30-15-26(34)32-11-10-21(33)16-32/h6-9,12,14,17,21,30,33H,3-5,10-11,15-16H2,1-2H3. The van der Waals surface area contributed by atoms with Gasteiger partial charge in [0.1, 0.15) is 16.8 Å². The summed E-state index contributed by atoms with van der Waals surface area (Å²) in [5.41, 5.74) is 6.08. The number of carbonyl (C=O) groups is 1. The summed E-state index contributed by atoms with van der Waals surface area (Å²) in [6, 6.07) is 12.1. The summed E-state index contributed by atoms with van der Waals surface area (Å²) in [5, 5.41) is 23.6. The Kier molecular flexibility index (Phi) is 6.95. The molecule has 186 valence electrons. The molecule has 1 aromatic heterocycles. The van der Waals surface area contributed by atoms with Gasteiger partial charge in [-0.2, -0.15) is 5.26 Å². The van der Waals surface area contributed by atoms with Gasteiger partial charge in [-0.1, -0.05) is 6.07 Å². The van der Waals surface area contributed by atoms with E-state index in [0.717, 1.165) is 46.0 Å². The summed E-state index contributed by atoms with van der Waals surface area (Å²) >= 11 is 1.59. The number of likely N-dealkylation sites (tertiary alicyclic amines) is 1. The molecule has 1 amide bonds. The zero-order valence-corrected chi connectivity index (χ0v) is 21.4. The van der Waals surface area contributed by atoms with Gasteiger partial charge in [-0.05, 0) is 74.9 Å². The van der Waals surface area contributed by atoms with Gasteiger partial charge in [-0.15, -0.1) is 11.3 Å². The van der Waals surface area contributed by atoms with E-state index in [1.165, 1.54) is 11.1 Å². The molecule has 0 bridgehead atoms. The van der Waals surface area contributed by atoms with E-state index in [4.69, 9.17) is 9.72 Å². The molecule has 1 fully saturated rings. The number of rotatable bonds is 7. The van der Waals surface area contributed by atoms with Gasteiger partial charge in [-0.25, -0.2) is 4.98 Å². The number of nitrogens with one attached hydrogen (secondary N) is 1. The van der Waals surface area contributed by atoms with Gasteiger partial charge < -0.3 is 20.1 Å². The minimum absolute atomic E-state index is 0.00395. The van der Waals surface area contributed by atoms with E-state index < -0.39 is 6.10 Å².